The molecule has 0 aliphatic heterocycles. The molecule has 0 saturated heterocycles. The highest BCUT2D eigenvalue weighted by molar-refractivity contribution is 7.80. The maximum atomic E-state index is 13.3. The Balaban J connectivity index is 1.56. The van der Waals surface area contributed by atoms with E-state index in [9.17, 15) is 19.5 Å². The van der Waals surface area contributed by atoms with Crippen LogP contribution < -0.4 is 16.4 Å². The molecule has 0 radical (unpaired) electrons. The lowest BCUT2D eigenvalue weighted by atomic mass is 10.0. The third kappa shape index (κ3) is 5.50. The summed E-state index contributed by atoms with van der Waals surface area (Å²) in [4.78, 5) is 44.1. The molecule has 2 heterocycles. The van der Waals surface area contributed by atoms with Crippen molar-refractivity contribution in [3.8, 4) is 0 Å². The zero-order valence-electron chi connectivity index (χ0n) is 18.8. The Hall–Kier alpha value is -3.76. The number of H-pyrrole nitrogens is 2. The minimum atomic E-state index is -1.19. The van der Waals surface area contributed by atoms with Crippen molar-refractivity contribution in [2.75, 3.05) is 5.75 Å². The highest BCUT2D eigenvalue weighted by Gasteiger charge is 2.29. The van der Waals surface area contributed by atoms with Gasteiger partial charge in [-0.2, -0.15) is 12.6 Å². The number of hydrogen-bond donors (Lipinski definition) is 7. The van der Waals surface area contributed by atoms with Gasteiger partial charge in [0.05, 0.1) is 6.04 Å². The second kappa shape index (κ2) is 10.7. The number of aromatic amines is 2. The lowest BCUT2D eigenvalue weighted by Gasteiger charge is -2.22. The molecule has 0 unspecified atom stereocenters. The monoisotopic (exact) mass is 493 g/mol. The number of carboxylic acids is 1. The lowest BCUT2D eigenvalue weighted by molar-refractivity contribution is -0.142. The Morgan fingerprint density at radius 3 is 1.83 bits per heavy atom. The van der Waals surface area contributed by atoms with Gasteiger partial charge in [0, 0.05) is 52.8 Å². The molecular weight excluding hydrogens is 466 g/mol. The third-order valence-corrected chi connectivity index (χ3v) is 6.37. The number of aliphatic carboxylic acids is 1. The Kier molecular flexibility index (Phi) is 7.42. The number of amides is 2. The second-order valence-electron chi connectivity index (χ2n) is 8.38. The molecular formula is C25H27N5O4S. The summed E-state index contributed by atoms with van der Waals surface area (Å²) in [6, 6.07) is 12.0. The number of hydrogen-bond acceptors (Lipinski definition) is 5. The SMILES string of the molecule is N[C@@H](CS)C(=O)N[C@@H](Cc1c[nH]c2ccccc12)C(=O)N[C@@H](Cc1c[nH]c2ccccc12)C(=O)O. The van der Waals surface area contributed by atoms with Gasteiger partial charge in [-0.25, -0.2) is 4.79 Å². The summed E-state index contributed by atoms with van der Waals surface area (Å²) in [6.45, 7) is 0. The van der Waals surface area contributed by atoms with E-state index in [0.717, 1.165) is 32.9 Å². The molecule has 2 aromatic carbocycles. The van der Waals surface area contributed by atoms with E-state index in [4.69, 9.17) is 5.73 Å². The van der Waals surface area contributed by atoms with Gasteiger partial charge in [0.1, 0.15) is 12.1 Å². The second-order valence-corrected chi connectivity index (χ2v) is 8.74. The van der Waals surface area contributed by atoms with Gasteiger partial charge in [0.2, 0.25) is 11.8 Å². The first-order valence-electron chi connectivity index (χ1n) is 11.2. The smallest absolute Gasteiger partial charge is 0.326 e. The lowest BCUT2D eigenvalue weighted by Crippen LogP contribution is -2.55. The third-order valence-electron chi connectivity index (χ3n) is 5.98. The van der Waals surface area contributed by atoms with Crippen LogP contribution in [-0.2, 0) is 27.2 Å². The minimum Gasteiger partial charge on any atom is -0.480 e. The predicted octanol–water partition coefficient (Wildman–Crippen LogP) is 1.75. The Labute approximate surface area is 206 Å². The van der Waals surface area contributed by atoms with Gasteiger partial charge in [-0.3, -0.25) is 9.59 Å². The van der Waals surface area contributed by atoms with Crippen LogP contribution in [0.5, 0.6) is 0 Å². The van der Waals surface area contributed by atoms with Crippen LogP contribution in [0.4, 0.5) is 0 Å². The number of nitrogens with two attached hydrogens (primary N) is 1. The Bertz CT molecular complexity index is 1360. The van der Waals surface area contributed by atoms with E-state index in [-0.39, 0.29) is 18.6 Å². The molecule has 4 aromatic rings. The van der Waals surface area contributed by atoms with Gasteiger partial charge in [-0.15, -0.1) is 0 Å². The van der Waals surface area contributed by atoms with Crippen LogP contribution in [-0.4, -0.2) is 56.7 Å². The first-order valence-corrected chi connectivity index (χ1v) is 11.8. The maximum Gasteiger partial charge on any atom is 0.326 e. The average molecular weight is 494 g/mol. The molecule has 0 aliphatic carbocycles. The van der Waals surface area contributed by atoms with Crippen molar-refractivity contribution in [2.24, 2.45) is 5.73 Å². The van der Waals surface area contributed by atoms with Crippen LogP contribution in [0.2, 0.25) is 0 Å². The van der Waals surface area contributed by atoms with E-state index in [1.807, 2.05) is 48.5 Å². The molecule has 0 spiro atoms. The first-order chi connectivity index (χ1) is 16.9. The summed E-state index contributed by atoms with van der Waals surface area (Å²) in [5.41, 5.74) is 9.14. The Morgan fingerprint density at radius 2 is 1.31 bits per heavy atom. The molecule has 0 bridgehead atoms. The number of aromatic nitrogens is 2. The number of para-hydroxylation sites is 2. The standard InChI is InChI=1S/C25H27N5O4S/c26-18(13-35)23(31)29-21(9-14-11-27-19-7-3-1-5-16(14)19)24(32)30-22(25(33)34)10-15-12-28-20-8-4-2-6-17(15)20/h1-8,11-12,18,21-22,27-28,35H,9-10,13,26H2,(H,29,31)(H,30,32)(H,33,34)/t18-,21-,22-/m0/s1. The van der Waals surface area contributed by atoms with E-state index < -0.39 is 35.9 Å². The fourth-order valence-electron chi connectivity index (χ4n) is 4.08. The van der Waals surface area contributed by atoms with Gasteiger partial charge < -0.3 is 31.4 Å². The molecule has 35 heavy (non-hydrogen) atoms. The van der Waals surface area contributed by atoms with Crippen molar-refractivity contribution >= 4 is 52.2 Å². The van der Waals surface area contributed by atoms with E-state index in [1.165, 1.54) is 0 Å². The van der Waals surface area contributed by atoms with Crippen LogP contribution in [0.1, 0.15) is 11.1 Å². The number of benzene rings is 2. The van der Waals surface area contributed by atoms with Crippen molar-refractivity contribution in [2.45, 2.75) is 31.0 Å². The number of carbonyl (C=O) groups excluding carboxylic acids is 2. The van der Waals surface area contributed by atoms with Crippen molar-refractivity contribution in [1.82, 2.24) is 20.6 Å². The highest BCUT2D eigenvalue weighted by Crippen LogP contribution is 2.21. The molecule has 9 nitrogen and oxygen atoms in total. The molecule has 4 rings (SSSR count). The van der Waals surface area contributed by atoms with Crippen molar-refractivity contribution in [1.29, 1.82) is 0 Å². The fraction of sp³-hybridized carbons (Fsp3) is 0.240. The largest absolute Gasteiger partial charge is 0.480 e. The van der Waals surface area contributed by atoms with Crippen LogP contribution in [0.3, 0.4) is 0 Å². The molecule has 7 N–H and O–H groups in total. The zero-order chi connectivity index (χ0) is 24.9. The molecule has 0 aliphatic rings. The number of carboxylic acid groups (broad SMARTS) is 1. The normalized spacial score (nSPS) is 13.9. The Morgan fingerprint density at radius 1 is 0.829 bits per heavy atom. The predicted molar refractivity (Wildman–Crippen MR) is 137 cm³/mol. The van der Waals surface area contributed by atoms with Crippen molar-refractivity contribution in [3.63, 3.8) is 0 Å². The molecule has 3 atom stereocenters. The van der Waals surface area contributed by atoms with Gasteiger partial charge in [-0.1, -0.05) is 36.4 Å². The summed E-state index contributed by atoms with van der Waals surface area (Å²) in [7, 11) is 0. The first kappa shape index (κ1) is 24.4. The quantitative estimate of drug-likeness (QED) is 0.168. The van der Waals surface area contributed by atoms with Crippen molar-refractivity contribution in [3.05, 3.63) is 72.1 Å². The van der Waals surface area contributed by atoms with E-state index in [2.05, 4.69) is 33.2 Å². The summed E-state index contributed by atoms with van der Waals surface area (Å²) < 4.78 is 0. The highest BCUT2D eigenvalue weighted by atomic mass is 32.1. The zero-order valence-corrected chi connectivity index (χ0v) is 19.7. The number of carbonyl (C=O) groups is 3. The number of nitrogens with one attached hydrogen (secondary N) is 4. The van der Waals surface area contributed by atoms with E-state index in [0.29, 0.717) is 0 Å². The topological polar surface area (TPSA) is 153 Å². The van der Waals surface area contributed by atoms with Crippen LogP contribution in [0, 0.1) is 0 Å². The van der Waals surface area contributed by atoms with E-state index >= 15 is 0 Å². The van der Waals surface area contributed by atoms with Crippen molar-refractivity contribution < 1.29 is 19.5 Å². The van der Waals surface area contributed by atoms with Gasteiger partial charge >= 0.3 is 5.97 Å². The molecule has 0 fully saturated rings. The molecule has 182 valence electrons. The fourth-order valence-corrected chi connectivity index (χ4v) is 4.25. The maximum absolute atomic E-state index is 13.3. The number of rotatable bonds is 10. The summed E-state index contributed by atoms with van der Waals surface area (Å²) in [5.74, 6) is -2.22. The summed E-state index contributed by atoms with van der Waals surface area (Å²) >= 11 is 4.06. The minimum absolute atomic E-state index is 0.0784. The molecule has 2 aromatic heterocycles. The van der Waals surface area contributed by atoms with Gasteiger partial charge in [0.25, 0.3) is 0 Å². The number of thiol groups is 1. The molecule has 10 heteroatoms. The van der Waals surface area contributed by atoms with Crippen LogP contribution >= 0.6 is 12.6 Å². The van der Waals surface area contributed by atoms with Gasteiger partial charge in [-0.05, 0) is 23.3 Å². The summed E-state index contributed by atoms with van der Waals surface area (Å²) in [5, 5.41) is 16.9. The van der Waals surface area contributed by atoms with Crippen LogP contribution in [0.25, 0.3) is 21.8 Å². The van der Waals surface area contributed by atoms with Crippen LogP contribution in [0.15, 0.2) is 60.9 Å². The number of fused-ring (bicyclic) bond motifs is 2. The molecule has 2 amide bonds. The van der Waals surface area contributed by atoms with E-state index in [1.54, 1.807) is 12.4 Å². The average Bonchev–Trinajstić information content (AvgIpc) is 3.46. The summed E-state index contributed by atoms with van der Waals surface area (Å²) in [6.07, 6.45) is 3.75. The van der Waals surface area contributed by atoms with Gasteiger partial charge in [0.15, 0.2) is 0 Å². The molecule has 0 saturated carbocycles.